The zero-order valence-electron chi connectivity index (χ0n) is 18.9. The monoisotopic (exact) mass is 452 g/mol. The Balaban J connectivity index is 1.42. The molecule has 170 valence electrons. The number of aromatic nitrogens is 5. The lowest BCUT2D eigenvalue weighted by Gasteiger charge is -2.28. The van der Waals surface area contributed by atoms with Crippen LogP contribution in [0.3, 0.4) is 0 Å². The summed E-state index contributed by atoms with van der Waals surface area (Å²) in [5.74, 6) is 0.560. The topological polar surface area (TPSA) is 77.7 Å². The van der Waals surface area contributed by atoms with Crippen LogP contribution < -0.4 is 9.64 Å². The van der Waals surface area contributed by atoms with Gasteiger partial charge in [-0.25, -0.2) is 14.5 Å². The second kappa shape index (κ2) is 8.72. The first kappa shape index (κ1) is 20.6. The van der Waals surface area contributed by atoms with Crippen molar-refractivity contribution in [2.24, 2.45) is 0 Å². The normalized spacial score (nSPS) is 14.1. The Morgan fingerprint density at radius 1 is 0.971 bits per heavy atom. The van der Waals surface area contributed by atoms with Crippen LogP contribution in [0.5, 0.6) is 5.88 Å². The lowest BCUT2D eigenvalue weighted by atomic mass is 10.1. The molecule has 4 aromatic heterocycles. The molecule has 0 atom stereocenters. The van der Waals surface area contributed by atoms with Gasteiger partial charge < -0.3 is 14.4 Å². The minimum absolute atomic E-state index is 0.264. The third-order valence-corrected chi connectivity index (χ3v) is 6.04. The van der Waals surface area contributed by atoms with Crippen molar-refractivity contribution in [3.05, 3.63) is 78.4 Å². The maximum absolute atomic E-state index is 6.13. The van der Waals surface area contributed by atoms with Gasteiger partial charge in [0.15, 0.2) is 5.65 Å². The summed E-state index contributed by atoms with van der Waals surface area (Å²) in [6.07, 6.45) is 3.68. The molecule has 1 saturated heterocycles. The number of ether oxygens (including phenoxy) is 2. The summed E-state index contributed by atoms with van der Waals surface area (Å²) >= 11 is 0. The number of morpholine rings is 1. The van der Waals surface area contributed by atoms with Gasteiger partial charge in [0.1, 0.15) is 18.0 Å². The van der Waals surface area contributed by atoms with E-state index in [1.807, 2.05) is 78.4 Å². The Labute approximate surface area is 196 Å². The lowest BCUT2D eigenvalue weighted by molar-refractivity contribution is 0.123. The molecule has 0 radical (unpaired) electrons. The van der Waals surface area contributed by atoms with Crippen LogP contribution in [-0.2, 0) is 11.3 Å². The molecule has 0 amide bonds. The van der Waals surface area contributed by atoms with E-state index in [2.05, 4.69) is 20.0 Å². The number of aryl methyl sites for hydroxylation is 1. The van der Waals surface area contributed by atoms with Gasteiger partial charge in [0.05, 0.1) is 30.6 Å². The molecule has 0 saturated carbocycles. The Bertz CT molecular complexity index is 1460. The first-order valence-electron chi connectivity index (χ1n) is 11.4. The average Bonchev–Trinajstić information content (AvgIpc) is 3.27. The molecule has 5 heterocycles. The zero-order valence-corrected chi connectivity index (χ0v) is 18.9. The Morgan fingerprint density at radius 2 is 1.85 bits per heavy atom. The number of rotatable bonds is 5. The largest absolute Gasteiger partial charge is 0.471 e. The molecule has 6 rings (SSSR count). The minimum Gasteiger partial charge on any atom is -0.471 e. The first-order chi connectivity index (χ1) is 16.8. The van der Waals surface area contributed by atoms with Crippen LogP contribution in [0, 0.1) is 6.92 Å². The van der Waals surface area contributed by atoms with Gasteiger partial charge in [-0.05, 0) is 37.3 Å². The van der Waals surface area contributed by atoms with Crippen molar-refractivity contribution in [3.63, 3.8) is 0 Å². The van der Waals surface area contributed by atoms with Crippen molar-refractivity contribution in [2.75, 3.05) is 31.2 Å². The highest BCUT2D eigenvalue weighted by Gasteiger charge is 2.22. The molecule has 0 spiro atoms. The van der Waals surface area contributed by atoms with Crippen molar-refractivity contribution in [1.29, 1.82) is 0 Å². The third kappa shape index (κ3) is 3.82. The minimum atomic E-state index is 0.264. The fourth-order valence-electron chi connectivity index (χ4n) is 4.30. The van der Waals surface area contributed by atoms with Crippen LogP contribution in [-0.4, -0.2) is 50.9 Å². The molecule has 0 bridgehead atoms. The predicted molar refractivity (Wildman–Crippen MR) is 130 cm³/mol. The summed E-state index contributed by atoms with van der Waals surface area (Å²) in [5, 5.41) is 5.73. The van der Waals surface area contributed by atoms with Gasteiger partial charge in [-0.15, -0.1) is 0 Å². The maximum Gasteiger partial charge on any atom is 0.214 e. The maximum atomic E-state index is 6.13. The molecule has 1 aromatic carbocycles. The van der Waals surface area contributed by atoms with Crippen LogP contribution in [0.4, 0.5) is 5.69 Å². The van der Waals surface area contributed by atoms with E-state index in [0.717, 1.165) is 58.0 Å². The molecular formula is C26H24N6O2. The summed E-state index contributed by atoms with van der Waals surface area (Å²) in [6, 6.07) is 18.0. The number of anilines is 1. The standard InChI is InChI=1S/C26H24N6O2/c1-18-6-7-20(16-27-18)25-22(17-34-24-9-8-19-4-2-3-5-21(19)29-24)30-26-23(10-11-28-32(25)26)31-12-14-33-15-13-31/h2-11,16H,12-15,17H2,1H3. The van der Waals surface area contributed by atoms with Gasteiger partial charge in [-0.3, -0.25) is 4.98 Å². The Morgan fingerprint density at radius 3 is 2.71 bits per heavy atom. The molecule has 8 nitrogen and oxygen atoms in total. The average molecular weight is 453 g/mol. The Kier molecular flexibility index (Phi) is 5.27. The quantitative estimate of drug-likeness (QED) is 0.398. The van der Waals surface area contributed by atoms with E-state index in [-0.39, 0.29) is 6.61 Å². The number of para-hydroxylation sites is 1. The summed E-state index contributed by atoms with van der Waals surface area (Å²) in [6.45, 7) is 5.28. The van der Waals surface area contributed by atoms with Crippen LogP contribution in [0.2, 0.25) is 0 Å². The van der Waals surface area contributed by atoms with E-state index in [4.69, 9.17) is 14.5 Å². The number of hydrogen-bond acceptors (Lipinski definition) is 7. The molecule has 34 heavy (non-hydrogen) atoms. The van der Waals surface area contributed by atoms with Crippen LogP contribution >= 0.6 is 0 Å². The van der Waals surface area contributed by atoms with E-state index >= 15 is 0 Å². The number of nitrogens with zero attached hydrogens (tertiary/aromatic N) is 6. The van der Waals surface area contributed by atoms with E-state index < -0.39 is 0 Å². The second-order valence-electron chi connectivity index (χ2n) is 8.28. The molecule has 0 unspecified atom stereocenters. The first-order valence-corrected chi connectivity index (χ1v) is 11.4. The predicted octanol–water partition coefficient (Wildman–Crippen LogP) is 4.06. The van der Waals surface area contributed by atoms with Crippen molar-refractivity contribution in [3.8, 4) is 17.1 Å². The SMILES string of the molecule is Cc1ccc(-c2c(COc3ccc4ccccc4n3)nc3c(N4CCOCC4)ccnn23)cn1. The van der Waals surface area contributed by atoms with Gasteiger partial charge >= 0.3 is 0 Å². The number of fused-ring (bicyclic) bond motifs is 2. The summed E-state index contributed by atoms with van der Waals surface area (Å²) < 4.78 is 13.6. The fourth-order valence-corrected chi connectivity index (χ4v) is 4.30. The number of benzene rings is 1. The van der Waals surface area contributed by atoms with Gasteiger partial charge in [-0.1, -0.05) is 18.2 Å². The van der Waals surface area contributed by atoms with Crippen molar-refractivity contribution >= 4 is 22.2 Å². The van der Waals surface area contributed by atoms with E-state index in [1.165, 1.54) is 0 Å². The van der Waals surface area contributed by atoms with E-state index in [9.17, 15) is 0 Å². The van der Waals surface area contributed by atoms with E-state index in [1.54, 1.807) is 0 Å². The van der Waals surface area contributed by atoms with Gasteiger partial charge in [0.2, 0.25) is 5.88 Å². The molecule has 1 aliphatic heterocycles. The molecule has 1 aliphatic rings. The van der Waals surface area contributed by atoms with E-state index in [0.29, 0.717) is 19.1 Å². The molecule has 0 N–H and O–H groups in total. The van der Waals surface area contributed by atoms with Crippen molar-refractivity contribution in [1.82, 2.24) is 24.6 Å². The van der Waals surface area contributed by atoms with Crippen molar-refractivity contribution < 1.29 is 9.47 Å². The number of hydrogen-bond donors (Lipinski definition) is 0. The smallest absolute Gasteiger partial charge is 0.214 e. The molecule has 1 fully saturated rings. The second-order valence-corrected chi connectivity index (χ2v) is 8.28. The molecule has 5 aromatic rings. The highest BCUT2D eigenvalue weighted by Crippen LogP contribution is 2.30. The number of pyridine rings is 2. The van der Waals surface area contributed by atoms with Gasteiger partial charge in [-0.2, -0.15) is 5.10 Å². The fraction of sp³-hybridized carbons (Fsp3) is 0.231. The zero-order chi connectivity index (χ0) is 22.9. The Hall–Kier alpha value is -4.04. The third-order valence-electron chi connectivity index (χ3n) is 6.04. The lowest BCUT2D eigenvalue weighted by Crippen LogP contribution is -2.36. The summed E-state index contributed by atoms with van der Waals surface area (Å²) in [7, 11) is 0. The van der Waals surface area contributed by atoms with Gasteiger partial charge in [0, 0.05) is 42.0 Å². The summed E-state index contributed by atoms with van der Waals surface area (Å²) in [4.78, 5) is 16.4. The van der Waals surface area contributed by atoms with Crippen LogP contribution in [0.1, 0.15) is 11.4 Å². The van der Waals surface area contributed by atoms with Gasteiger partial charge in [0.25, 0.3) is 0 Å². The molecular weight excluding hydrogens is 428 g/mol. The number of imidazole rings is 1. The molecule has 0 aliphatic carbocycles. The van der Waals surface area contributed by atoms with Crippen LogP contribution in [0.15, 0.2) is 67.0 Å². The van der Waals surface area contributed by atoms with Crippen LogP contribution in [0.25, 0.3) is 27.8 Å². The highest BCUT2D eigenvalue weighted by molar-refractivity contribution is 5.79. The van der Waals surface area contributed by atoms with Crippen molar-refractivity contribution in [2.45, 2.75) is 13.5 Å². The highest BCUT2D eigenvalue weighted by atomic mass is 16.5. The summed E-state index contributed by atoms with van der Waals surface area (Å²) in [5.41, 5.74) is 6.29. The molecule has 8 heteroatoms.